The van der Waals surface area contributed by atoms with Crippen LogP contribution < -0.4 is 0 Å². The van der Waals surface area contributed by atoms with Crippen LogP contribution in [-0.4, -0.2) is 15.0 Å². The number of aromatic nitrogens is 3. The van der Waals surface area contributed by atoms with Crippen molar-refractivity contribution < 1.29 is 4.39 Å². The molecule has 0 aliphatic carbocycles. The number of hydrogen-bond donors (Lipinski definition) is 0. The van der Waals surface area contributed by atoms with E-state index < -0.39 is 5.82 Å². The molecule has 0 aliphatic heterocycles. The van der Waals surface area contributed by atoms with Crippen LogP contribution in [0.3, 0.4) is 0 Å². The summed E-state index contributed by atoms with van der Waals surface area (Å²) < 4.78 is 15.1. The Morgan fingerprint density at radius 1 is 1.44 bits per heavy atom. The van der Waals surface area contributed by atoms with Crippen molar-refractivity contribution in [2.75, 3.05) is 0 Å². The smallest absolute Gasteiger partial charge is 0.146 e. The van der Waals surface area contributed by atoms with Gasteiger partial charge >= 0.3 is 0 Å². The van der Waals surface area contributed by atoms with Gasteiger partial charge in [-0.2, -0.15) is 0 Å². The van der Waals surface area contributed by atoms with Crippen LogP contribution in [0.4, 0.5) is 4.39 Å². The van der Waals surface area contributed by atoms with Gasteiger partial charge in [-0.3, -0.25) is 0 Å². The van der Waals surface area contributed by atoms with Crippen molar-refractivity contribution in [1.82, 2.24) is 15.0 Å². The zero-order chi connectivity index (χ0) is 11.5. The topological polar surface area (TPSA) is 30.7 Å². The average molecular weight is 305 g/mol. The van der Waals surface area contributed by atoms with E-state index in [1.165, 1.54) is 6.07 Å². The minimum Gasteiger partial charge on any atom is -0.248 e. The number of rotatable bonds is 3. The molecule has 0 N–H and O–H groups in total. The van der Waals surface area contributed by atoms with Gasteiger partial charge in [-0.25, -0.2) is 9.07 Å². The third-order valence-electron chi connectivity index (χ3n) is 2.09. The van der Waals surface area contributed by atoms with Gasteiger partial charge in [0.05, 0.1) is 17.3 Å². The normalized spacial score (nSPS) is 10.7. The molecule has 84 valence electrons. The van der Waals surface area contributed by atoms with Gasteiger partial charge in [0.1, 0.15) is 5.82 Å². The third kappa shape index (κ3) is 2.41. The average Bonchev–Trinajstić information content (AvgIpc) is 2.73. The Kier molecular flexibility index (Phi) is 3.56. The Morgan fingerprint density at radius 2 is 2.25 bits per heavy atom. The maximum Gasteiger partial charge on any atom is 0.146 e. The summed E-state index contributed by atoms with van der Waals surface area (Å²) >= 11 is 8.96. The first kappa shape index (κ1) is 11.5. The summed E-state index contributed by atoms with van der Waals surface area (Å²) in [5.41, 5.74) is 1.31. The number of nitrogens with zero attached hydrogens (tertiary/aromatic N) is 3. The van der Waals surface area contributed by atoms with Crippen molar-refractivity contribution in [3.8, 4) is 0 Å². The molecule has 1 heterocycles. The molecular weight excluding hydrogens is 296 g/mol. The Morgan fingerprint density at radius 3 is 2.94 bits per heavy atom. The van der Waals surface area contributed by atoms with Gasteiger partial charge in [0, 0.05) is 17.1 Å². The summed E-state index contributed by atoms with van der Waals surface area (Å²) in [5.74, 6) is -0.403. The van der Waals surface area contributed by atoms with Crippen LogP contribution in [0.15, 0.2) is 24.4 Å². The predicted molar refractivity (Wildman–Crippen MR) is 63.2 cm³/mol. The molecule has 2 rings (SSSR count). The highest BCUT2D eigenvalue weighted by molar-refractivity contribution is 9.08. The number of halogens is 3. The van der Waals surface area contributed by atoms with Gasteiger partial charge in [0.2, 0.25) is 0 Å². The predicted octanol–water partition coefficient (Wildman–Crippen LogP) is 3.01. The van der Waals surface area contributed by atoms with Crippen molar-refractivity contribution in [2.45, 2.75) is 11.9 Å². The first-order valence-electron chi connectivity index (χ1n) is 4.58. The van der Waals surface area contributed by atoms with E-state index in [1.807, 2.05) is 0 Å². The molecule has 0 fully saturated rings. The van der Waals surface area contributed by atoms with Crippen molar-refractivity contribution in [2.24, 2.45) is 0 Å². The van der Waals surface area contributed by atoms with Crippen LogP contribution in [0, 0.1) is 5.82 Å². The minimum atomic E-state index is -0.403. The maximum absolute atomic E-state index is 13.6. The van der Waals surface area contributed by atoms with Crippen molar-refractivity contribution in [3.05, 3.63) is 46.5 Å². The van der Waals surface area contributed by atoms with Crippen LogP contribution >= 0.6 is 27.5 Å². The monoisotopic (exact) mass is 303 g/mol. The van der Waals surface area contributed by atoms with E-state index in [9.17, 15) is 4.39 Å². The fourth-order valence-electron chi connectivity index (χ4n) is 1.32. The minimum absolute atomic E-state index is 0.123. The number of hydrogen-bond acceptors (Lipinski definition) is 2. The fourth-order valence-corrected chi connectivity index (χ4v) is 1.77. The zero-order valence-electron chi connectivity index (χ0n) is 8.20. The molecule has 0 amide bonds. The van der Waals surface area contributed by atoms with Crippen molar-refractivity contribution in [3.63, 3.8) is 0 Å². The van der Waals surface area contributed by atoms with E-state index in [1.54, 1.807) is 23.0 Å². The van der Waals surface area contributed by atoms with Gasteiger partial charge in [-0.15, -0.1) is 5.10 Å². The standard InChI is InChI=1S/C10H8BrClFN3/c11-4-8-6-16(15-14-8)5-7-2-1-3-9(12)10(7)13/h1-3,6H,4-5H2. The van der Waals surface area contributed by atoms with Crippen molar-refractivity contribution >= 4 is 27.5 Å². The van der Waals surface area contributed by atoms with Gasteiger partial charge in [0.15, 0.2) is 0 Å². The molecule has 0 saturated heterocycles. The van der Waals surface area contributed by atoms with Gasteiger partial charge in [0.25, 0.3) is 0 Å². The molecule has 2 aromatic rings. The molecule has 0 aliphatic rings. The quantitative estimate of drug-likeness (QED) is 0.816. The fraction of sp³-hybridized carbons (Fsp3) is 0.200. The Labute approximate surface area is 105 Å². The highest BCUT2D eigenvalue weighted by atomic mass is 79.9. The summed E-state index contributed by atoms with van der Waals surface area (Å²) in [7, 11) is 0. The largest absolute Gasteiger partial charge is 0.248 e. The molecule has 16 heavy (non-hydrogen) atoms. The molecule has 6 heteroatoms. The van der Waals surface area contributed by atoms with Crippen LogP contribution in [0.25, 0.3) is 0 Å². The second kappa shape index (κ2) is 4.93. The second-order valence-corrected chi connectivity index (χ2v) is 4.22. The van der Waals surface area contributed by atoms with Crippen molar-refractivity contribution in [1.29, 1.82) is 0 Å². The van der Waals surface area contributed by atoms with E-state index in [2.05, 4.69) is 26.2 Å². The lowest BCUT2D eigenvalue weighted by Crippen LogP contribution is -2.02. The van der Waals surface area contributed by atoms with Gasteiger partial charge in [-0.05, 0) is 6.07 Å². The Hall–Kier alpha value is -0.940. The van der Waals surface area contributed by atoms with Gasteiger partial charge < -0.3 is 0 Å². The molecule has 0 radical (unpaired) electrons. The van der Waals surface area contributed by atoms with Crippen LogP contribution in [0.5, 0.6) is 0 Å². The summed E-state index contributed by atoms with van der Waals surface area (Å²) in [6, 6.07) is 4.91. The summed E-state index contributed by atoms with van der Waals surface area (Å²) in [4.78, 5) is 0. The number of benzene rings is 1. The third-order valence-corrected chi connectivity index (χ3v) is 2.95. The highest BCUT2D eigenvalue weighted by Gasteiger charge is 2.07. The first-order valence-corrected chi connectivity index (χ1v) is 6.08. The SMILES string of the molecule is Fc1c(Cl)cccc1Cn1cc(CBr)nn1. The Bertz CT molecular complexity index is 501. The van der Waals surface area contributed by atoms with Gasteiger partial charge in [-0.1, -0.05) is 44.9 Å². The summed E-state index contributed by atoms with van der Waals surface area (Å²) in [5, 5.41) is 8.53. The summed E-state index contributed by atoms with van der Waals surface area (Å²) in [6.07, 6.45) is 1.76. The van der Waals surface area contributed by atoms with Crippen LogP contribution in [-0.2, 0) is 11.9 Å². The van der Waals surface area contributed by atoms with E-state index in [0.29, 0.717) is 17.4 Å². The number of alkyl halides is 1. The molecule has 0 atom stereocenters. The molecule has 0 bridgehead atoms. The summed E-state index contributed by atoms with van der Waals surface area (Å²) in [6.45, 7) is 0.326. The highest BCUT2D eigenvalue weighted by Crippen LogP contribution is 2.18. The van der Waals surface area contributed by atoms with E-state index >= 15 is 0 Å². The van der Waals surface area contributed by atoms with E-state index in [0.717, 1.165) is 5.69 Å². The Balaban J connectivity index is 2.23. The van der Waals surface area contributed by atoms with E-state index in [4.69, 9.17) is 11.6 Å². The molecule has 0 spiro atoms. The molecule has 1 aromatic heterocycles. The second-order valence-electron chi connectivity index (χ2n) is 3.25. The maximum atomic E-state index is 13.6. The lowest BCUT2D eigenvalue weighted by Gasteiger charge is -2.03. The molecular formula is C10H8BrClFN3. The zero-order valence-corrected chi connectivity index (χ0v) is 10.5. The van der Waals surface area contributed by atoms with Crippen LogP contribution in [0.1, 0.15) is 11.3 Å². The first-order chi connectivity index (χ1) is 7.70. The van der Waals surface area contributed by atoms with Crippen LogP contribution in [0.2, 0.25) is 5.02 Å². The molecule has 1 aromatic carbocycles. The molecule has 0 unspecified atom stereocenters. The lowest BCUT2D eigenvalue weighted by molar-refractivity contribution is 0.577. The molecule has 0 saturated carbocycles. The lowest BCUT2D eigenvalue weighted by atomic mass is 10.2. The molecule has 3 nitrogen and oxygen atoms in total. The van der Waals surface area contributed by atoms with E-state index in [-0.39, 0.29) is 5.02 Å².